The van der Waals surface area contributed by atoms with Gasteiger partial charge in [0, 0.05) is 35.5 Å². The lowest BCUT2D eigenvalue weighted by molar-refractivity contribution is -0.172. The van der Waals surface area contributed by atoms with Gasteiger partial charge >= 0.3 is 5.97 Å². The van der Waals surface area contributed by atoms with E-state index in [0.717, 1.165) is 28.5 Å². The van der Waals surface area contributed by atoms with Crippen LogP contribution >= 0.6 is 11.3 Å². The Hall–Kier alpha value is -6.48. The molecule has 5 aromatic rings. The van der Waals surface area contributed by atoms with Crippen LogP contribution in [0.1, 0.15) is 86.0 Å². The van der Waals surface area contributed by atoms with E-state index in [0.29, 0.717) is 57.7 Å². The van der Waals surface area contributed by atoms with Crippen molar-refractivity contribution in [2.75, 3.05) is 52.1 Å². The van der Waals surface area contributed by atoms with E-state index in [2.05, 4.69) is 26.3 Å². The molecule has 6 heterocycles. The Morgan fingerprint density at radius 2 is 1.68 bits per heavy atom. The molecule has 22 nitrogen and oxygen atoms in total. The number of esters is 1. The van der Waals surface area contributed by atoms with Crippen molar-refractivity contribution in [3.63, 3.8) is 0 Å². The summed E-state index contributed by atoms with van der Waals surface area (Å²) in [6, 6.07) is 5.32. The van der Waals surface area contributed by atoms with Crippen LogP contribution in [0.25, 0.3) is 32.5 Å². The number of thiazole rings is 1. The number of anilines is 1. The van der Waals surface area contributed by atoms with E-state index < -0.39 is 68.2 Å². The molecule has 0 spiro atoms. The van der Waals surface area contributed by atoms with Crippen LogP contribution < -0.4 is 31.6 Å². The van der Waals surface area contributed by atoms with Crippen LogP contribution in [-0.2, 0) is 77.9 Å². The first-order valence-electron chi connectivity index (χ1n) is 24.0. The third-order valence-electron chi connectivity index (χ3n) is 13.2. The van der Waals surface area contributed by atoms with Crippen molar-refractivity contribution in [2.45, 2.75) is 100 Å². The van der Waals surface area contributed by atoms with E-state index in [-0.39, 0.29) is 111 Å². The number of hydrogen-bond donors (Lipinski definition) is 5. The number of carbonyl (C=O) groups excluding carboxylic acids is 5. The first-order chi connectivity index (χ1) is 35.4. The number of pyridine rings is 2. The van der Waals surface area contributed by atoms with Gasteiger partial charge in [-0.05, 0) is 61.9 Å². The second kappa shape index (κ2) is 21.4. The molecule has 3 aromatic heterocycles. The smallest absolute Gasteiger partial charge is 0.343 e. The van der Waals surface area contributed by atoms with Crippen molar-refractivity contribution in [3.05, 3.63) is 74.3 Å². The number of nitrogens with zero attached hydrogens (tertiary/aromatic N) is 3. The predicted molar refractivity (Wildman–Crippen MR) is 262 cm³/mol. The topological polar surface area (TPSA) is 291 Å². The third kappa shape index (κ3) is 10.3. The second-order valence-corrected chi connectivity index (χ2v) is 22.0. The number of amides is 4. The minimum atomic E-state index is -3.55. The van der Waals surface area contributed by atoms with Gasteiger partial charge in [-0.1, -0.05) is 20.8 Å². The summed E-state index contributed by atoms with van der Waals surface area (Å²) in [7, 11) is -3.55. The first-order valence-corrected chi connectivity index (χ1v) is 26.4. The molecule has 3 aliphatic heterocycles. The van der Waals surface area contributed by atoms with E-state index in [4.69, 9.17) is 33.4 Å². The molecular weight excluding hydrogens is 1010 g/mol. The lowest BCUT2D eigenvalue weighted by Gasteiger charge is -2.31. The summed E-state index contributed by atoms with van der Waals surface area (Å²) in [4.78, 5) is 87.9. The summed E-state index contributed by atoms with van der Waals surface area (Å²) >= 11 is 0.904. The molecule has 9 rings (SSSR count). The van der Waals surface area contributed by atoms with Crippen LogP contribution in [0.15, 0.2) is 39.5 Å². The van der Waals surface area contributed by atoms with Crippen LogP contribution in [0.4, 0.5) is 10.1 Å². The maximum atomic E-state index is 14.7. The Morgan fingerprint density at radius 1 is 0.932 bits per heavy atom. The van der Waals surface area contributed by atoms with Gasteiger partial charge in [0.15, 0.2) is 18.1 Å². The highest BCUT2D eigenvalue weighted by Gasteiger charge is 2.46. The second-order valence-electron chi connectivity index (χ2n) is 18.6. The highest BCUT2D eigenvalue weighted by atomic mass is 32.2. The molecule has 0 saturated heterocycles. The number of hydrogen-bond acceptors (Lipinski definition) is 18. The van der Waals surface area contributed by atoms with Crippen molar-refractivity contribution < 1.29 is 70.3 Å². The zero-order valence-electron chi connectivity index (χ0n) is 40.8. The summed E-state index contributed by atoms with van der Waals surface area (Å²) in [6.45, 7) is 6.23. The molecule has 4 amide bonds. The Morgan fingerprint density at radius 3 is 2.41 bits per heavy atom. The zero-order chi connectivity index (χ0) is 52.6. The fourth-order valence-corrected chi connectivity index (χ4v) is 12.1. The monoisotopic (exact) mass is 1060 g/mol. The van der Waals surface area contributed by atoms with Gasteiger partial charge in [0.1, 0.15) is 38.1 Å². The van der Waals surface area contributed by atoms with Gasteiger partial charge in [0.2, 0.25) is 31.9 Å². The molecule has 25 heteroatoms. The molecule has 5 N–H and O–H groups in total. The molecule has 1 saturated carbocycles. The fourth-order valence-electron chi connectivity index (χ4n) is 9.00. The molecule has 2 aromatic carbocycles. The molecule has 0 unspecified atom stereocenters. The average molecular weight is 1060 g/mol. The predicted octanol–water partition coefficient (Wildman–Crippen LogP) is 3.04. The highest BCUT2D eigenvalue weighted by molar-refractivity contribution is 7.94. The number of fused-ring (bicyclic) bond motifs is 6. The maximum absolute atomic E-state index is 14.7. The van der Waals surface area contributed by atoms with E-state index in [9.17, 15) is 46.7 Å². The third-order valence-corrected chi connectivity index (χ3v) is 16.9. The lowest BCUT2D eigenvalue weighted by atomic mass is 9.86. The first kappa shape index (κ1) is 52.4. The minimum Gasteiger partial charge on any atom is -0.490 e. The summed E-state index contributed by atoms with van der Waals surface area (Å²) in [5.41, 5.74) is 1.62. The quantitative estimate of drug-likeness (QED) is 0.0371. The Bertz CT molecular complexity index is 3270. The van der Waals surface area contributed by atoms with Gasteiger partial charge in [-0.2, -0.15) is 0 Å². The standard InChI is InChI=1S/C49H54FN7O15S2/c1-5-49(64)31-17-36-41-29(19-57(36)46(62)30(31)20-72-47(49)63)27-10-14-71-42-34(9-8-33(53-41)39(27)42)54-43(59)25(4)52-45(61)40(24(2)3)56-38(58)11-13-67-21-69-23-70-22-68-15-12-51-44(60)28-16-37-35(18-32(28)50)55-48(73-37)74(65,66)26-6-7-26/h8-9,16-18,24-26,40,64H,5-7,10-15,19-23H2,1-4H3,(H,51,60)(H,52,61)(H,54,59)(H,56,58)/t25-,40-,49-/m0/s1. The van der Waals surface area contributed by atoms with E-state index in [1.54, 1.807) is 43.5 Å². The maximum Gasteiger partial charge on any atom is 0.343 e. The van der Waals surface area contributed by atoms with Crippen LogP contribution in [-0.4, -0.2) is 122 Å². The number of aromatic nitrogens is 3. The SMILES string of the molecule is CC[C@@]1(O)C(=O)OCc2c1cc1n(c2=O)Cc2c-1nc1ccc(NC(=O)[C@H](C)NC(=O)[C@@H](NC(=O)CCOCOCOCOCCNC(=O)c3cc4sc(S(=O)(=O)C5CC5)nc4cc3F)C(C)C)c3c1c2CCO3. The number of sulfone groups is 1. The molecule has 394 valence electrons. The molecular formula is C49H54FN7O15S2. The van der Waals surface area contributed by atoms with E-state index in [1.165, 1.54) is 13.0 Å². The number of ether oxygens (including phenoxy) is 6. The zero-order valence-corrected chi connectivity index (χ0v) is 42.4. The van der Waals surface area contributed by atoms with E-state index >= 15 is 0 Å². The van der Waals surface area contributed by atoms with Gasteiger partial charge < -0.3 is 59.4 Å². The number of cyclic esters (lactones) is 1. The highest BCUT2D eigenvalue weighted by Crippen LogP contribution is 2.45. The molecule has 1 aliphatic carbocycles. The van der Waals surface area contributed by atoms with Gasteiger partial charge in [-0.3, -0.25) is 24.0 Å². The van der Waals surface area contributed by atoms with Crippen LogP contribution in [0, 0.1) is 11.7 Å². The van der Waals surface area contributed by atoms with Crippen molar-refractivity contribution in [2.24, 2.45) is 5.92 Å². The Balaban J connectivity index is 0.687. The molecule has 1 fully saturated rings. The largest absolute Gasteiger partial charge is 0.490 e. The molecule has 0 radical (unpaired) electrons. The van der Waals surface area contributed by atoms with Crippen LogP contribution in [0.3, 0.4) is 0 Å². The number of aliphatic hydroxyl groups is 1. The molecule has 3 atom stereocenters. The summed E-state index contributed by atoms with van der Waals surface area (Å²) < 4.78 is 74.0. The van der Waals surface area contributed by atoms with Crippen molar-refractivity contribution in [1.29, 1.82) is 0 Å². The van der Waals surface area contributed by atoms with Gasteiger partial charge in [-0.25, -0.2) is 27.6 Å². The lowest BCUT2D eigenvalue weighted by Crippen LogP contribution is -2.53. The average Bonchev–Trinajstić information content (AvgIpc) is 4.08. The van der Waals surface area contributed by atoms with Crippen molar-refractivity contribution in [3.8, 4) is 17.1 Å². The Kier molecular flexibility index (Phi) is 15.1. The number of rotatable bonds is 22. The summed E-state index contributed by atoms with van der Waals surface area (Å²) in [6.07, 6.45) is 1.54. The number of carbonyl (C=O) groups is 5. The van der Waals surface area contributed by atoms with Crippen molar-refractivity contribution >= 4 is 77.6 Å². The van der Waals surface area contributed by atoms with Gasteiger partial charge in [-0.15, -0.1) is 11.3 Å². The molecule has 74 heavy (non-hydrogen) atoms. The van der Waals surface area contributed by atoms with Crippen LogP contribution in [0.5, 0.6) is 5.75 Å². The number of halogens is 1. The van der Waals surface area contributed by atoms with Gasteiger partial charge in [0.25, 0.3) is 11.5 Å². The van der Waals surface area contributed by atoms with E-state index in [1.807, 2.05) is 0 Å². The fraction of sp³-hybridized carbons (Fsp3) is 0.469. The summed E-state index contributed by atoms with van der Waals surface area (Å²) in [5.74, 6) is -3.91. The van der Waals surface area contributed by atoms with Crippen LogP contribution in [0.2, 0.25) is 0 Å². The number of benzene rings is 2. The number of nitrogens with one attached hydrogen (secondary N) is 4. The normalized spacial score (nSPS) is 17.5. The van der Waals surface area contributed by atoms with Gasteiger partial charge in [0.05, 0.1) is 82.0 Å². The molecule has 4 aliphatic rings. The van der Waals surface area contributed by atoms with Crippen molar-refractivity contribution in [1.82, 2.24) is 30.5 Å². The molecule has 0 bridgehead atoms. The Labute approximate surface area is 426 Å². The summed E-state index contributed by atoms with van der Waals surface area (Å²) in [5, 5.41) is 22.3. The minimum absolute atomic E-state index is 0.0187.